The Morgan fingerprint density at radius 3 is 2.75 bits per heavy atom. The lowest BCUT2D eigenvalue weighted by atomic mass is 10.0. The number of carbonyl (C=O) groups excluding carboxylic acids is 2. The summed E-state index contributed by atoms with van der Waals surface area (Å²) in [6.07, 6.45) is 7.22. The van der Waals surface area contributed by atoms with E-state index in [9.17, 15) is 14.0 Å². The van der Waals surface area contributed by atoms with E-state index in [4.69, 9.17) is 11.2 Å². The second-order valence-corrected chi connectivity index (χ2v) is 7.70. The minimum atomic E-state index is -0.776. The van der Waals surface area contributed by atoms with Gasteiger partial charge in [-0.05, 0) is 37.1 Å². The van der Waals surface area contributed by atoms with Crippen LogP contribution in [0.2, 0.25) is 0 Å². The van der Waals surface area contributed by atoms with Gasteiger partial charge in [0.25, 0.3) is 0 Å². The molecule has 166 valence electrons. The van der Waals surface area contributed by atoms with Crippen LogP contribution in [0.1, 0.15) is 30.0 Å². The SMILES string of the molecule is C#Cc1cccc(F)c1C=C(C(C)=O)C(=O)OCCC1CNCCN1Cc1ccccc1. The molecular formula is C26H27FN2O3. The molecule has 0 spiro atoms. The molecule has 1 atom stereocenters. The maximum Gasteiger partial charge on any atom is 0.341 e. The zero-order valence-corrected chi connectivity index (χ0v) is 18.1. The van der Waals surface area contributed by atoms with E-state index in [-0.39, 0.29) is 29.3 Å². The van der Waals surface area contributed by atoms with Gasteiger partial charge >= 0.3 is 5.97 Å². The molecule has 5 nitrogen and oxygen atoms in total. The molecule has 0 amide bonds. The number of terminal acetylenes is 1. The highest BCUT2D eigenvalue weighted by Gasteiger charge is 2.24. The van der Waals surface area contributed by atoms with Crippen molar-refractivity contribution in [2.75, 3.05) is 26.2 Å². The Labute approximate surface area is 188 Å². The molecule has 1 aliphatic rings. The second-order valence-electron chi connectivity index (χ2n) is 7.70. The predicted octanol–water partition coefficient (Wildman–Crippen LogP) is 3.19. The van der Waals surface area contributed by atoms with E-state index < -0.39 is 17.6 Å². The fourth-order valence-electron chi connectivity index (χ4n) is 3.74. The van der Waals surface area contributed by atoms with Crippen molar-refractivity contribution >= 4 is 17.8 Å². The normalized spacial score (nSPS) is 16.9. The predicted molar refractivity (Wildman–Crippen MR) is 122 cm³/mol. The Bertz CT molecular complexity index is 1030. The molecule has 1 unspecified atom stereocenters. The number of ether oxygens (including phenoxy) is 1. The third-order valence-corrected chi connectivity index (χ3v) is 5.48. The van der Waals surface area contributed by atoms with Crippen molar-refractivity contribution in [3.8, 4) is 12.3 Å². The van der Waals surface area contributed by atoms with Crippen LogP contribution in [0.5, 0.6) is 0 Å². The number of rotatable bonds is 8. The van der Waals surface area contributed by atoms with E-state index in [0.29, 0.717) is 6.42 Å². The number of Topliss-reactive ketones (excluding diaryl/α,β-unsaturated/α-hetero) is 1. The average molecular weight is 435 g/mol. The van der Waals surface area contributed by atoms with Crippen molar-refractivity contribution in [3.63, 3.8) is 0 Å². The number of benzene rings is 2. The van der Waals surface area contributed by atoms with Gasteiger partial charge in [-0.15, -0.1) is 6.42 Å². The maximum atomic E-state index is 14.2. The molecule has 0 aliphatic carbocycles. The summed E-state index contributed by atoms with van der Waals surface area (Å²) in [6, 6.07) is 14.7. The highest BCUT2D eigenvalue weighted by atomic mass is 19.1. The Hall–Kier alpha value is -3.27. The summed E-state index contributed by atoms with van der Waals surface area (Å²) < 4.78 is 19.6. The summed E-state index contributed by atoms with van der Waals surface area (Å²) in [6.45, 7) is 4.81. The van der Waals surface area contributed by atoms with Crippen LogP contribution in [-0.4, -0.2) is 48.9 Å². The van der Waals surface area contributed by atoms with Crippen LogP contribution in [-0.2, 0) is 20.9 Å². The third kappa shape index (κ3) is 6.13. The molecule has 0 aromatic heterocycles. The van der Waals surface area contributed by atoms with Crippen LogP contribution in [0, 0.1) is 18.2 Å². The summed E-state index contributed by atoms with van der Waals surface area (Å²) in [5, 5.41) is 3.37. The van der Waals surface area contributed by atoms with Gasteiger partial charge in [0.05, 0.1) is 6.61 Å². The van der Waals surface area contributed by atoms with Crippen LogP contribution in [0.4, 0.5) is 4.39 Å². The van der Waals surface area contributed by atoms with Crippen LogP contribution < -0.4 is 5.32 Å². The number of hydrogen-bond acceptors (Lipinski definition) is 5. The van der Waals surface area contributed by atoms with Crippen LogP contribution in [0.3, 0.4) is 0 Å². The second kappa shape index (κ2) is 11.4. The first-order valence-corrected chi connectivity index (χ1v) is 10.6. The summed E-state index contributed by atoms with van der Waals surface area (Å²) in [5.41, 5.74) is 1.30. The largest absolute Gasteiger partial charge is 0.462 e. The van der Waals surface area contributed by atoms with Crippen LogP contribution in [0.15, 0.2) is 54.1 Å². The maximum absolute atomic E-state index is 14.2. The Morgan fingerprint density at radius 2 is 2.03 bits per heavy atom. The number of esters is 1. The van der Waals surface area contributed by atoms with Gasteiger partial charge in [-0.2, -0.15) is 0 Å². The summed E-state index contributed by atoms with van der Waals surface area (Å²) in [4.78, 5) is 27.0. The molecule has 1 saturated heterocycles. The molecule has 1 fully saturated rings. The van der Waals surface area contributed by atoms with Crippen molar-refractivity contribution in [1.29, 1.82) is 0 Å². The number of piperazine rings is 1. The van der Waals surface area contributed by atoms with E-state index in [1.807, 2.05) is 18.2 Å². The van der Waals surface area contributed by atoms with E-state index in [1.165, 1.54) is 30.7 Å². The first kappa shape index (κ1) is 23.4. The lowest BCUT2D eigenvalue weighted by Gasteiger charge is -2.36. The Morgan fingerprint density at radius 1 is 1.25 bits per heavy atom. The smallest absolute Gasteiger partial charge is 0.341 e. The number of nitrogens with one attached hydrogen (secondary N) is 1. The standard InChI is InChI=1S/C26H27FN2O3/c1-3-21-10-7-11-25(27)24(21)16-23(19(2)30)26(31)32-15-12-22-17-28-13-14-29(22)18-20-8-5-4-6-9-20/h1,4-11,16,22,28H,12-15,17-18H2,2H3. The molecule has 1 heterocycles. The highest BCUT2D eigenvalue weighted by Crippen LogP contribution is 2.19. The minimum Gasteiger partial charge on any atom is -0.462 e. The third-order valence-electron chi connectivity index (χ3n) is 5.48. The van der Waals surface area contributed by atoms with Crippen LogP contribution in [0.25, 0.3) is 6.08 Å². The first-order valence-electron chi connectivity index (χ1n) is 10.6. The quantitative estimate of drug-likeness (QED) is 0.227. The van der Waals surface area contributed by atoms with Gasteiger partial charge in [-0.3, -0.25) is 9.69 Å². The van der Waals surface area contributed by atoms with Gasteiger partial charge in [-0.1, -0.05) is 42.3 Å². The highest BCUT2D eigenvalue weighted by molar-refractivity contribution is 6.19. The van der Waals surface area contributed by atoms with E-state index >= 15 is 0 Å². The van der Waals surface area contributed by atoms with Gasteiger partial charge in [0, 0.05) is 43.3 Å². The van der Waals surface area contributed by atoms with E-state index in [1.54, 1.807) is 6.07 Å². The molecular weight excluding hydrogens is 407 g/mol. The van der Waals surface area contributed by atoms with Gasteiger partial charge in [0.2, 0.25) is 0 Å². The topological polar surface area (TPSA) is 58.6 Å². The summed E-state index contributed by atoms with van der Waals surface area (Å²) in [7, 11) is 0. The lowest BCUT2D eigenvalue weighted by molar-refractivity contribution is -0.140. The summed E-state index contributed by atoms with van der Waals surface area (Å²) in [5.74, 6) is 0.486. The molecule has 3 rings (SSSR count). The van der Waals surface area contributed by atoms with Gasteiger partial charge < -0.3 is 10.1 Å². The van der Waals surface area contributed by atoms with Crippen molar-refractivity contribution in [1.82, 2.24) is 10.2 Å². The molecule has 1 aliphatic heterocycles. The van der Waals surface area contributed by atoms with Crippen molar-refractivity contribution in [2.45, 2.75) is 25.9 Å². The van der Waals surface area contributed by atoms with Gasteiger partial charge in [0.15, 0.2) is 5.78 Å². The van der Waals surface area contributed by atoms with Gasteiger partial charge in [-0.25, -0.2) is 9.18 Å². The minimum absolute atomic E-state index is 0.0302. The molecule has 6 heteroatoms. The fourth-order valence-corrected chi connectivity index (χ4v) is 3.74. The molecule has 32 heavy (non-hydrogen) atoms. The van der Waals surface area contributed by atoms with Crippen LogP contribution >= 0.6 is 0 Å². The number of halogens is 1. The van der Waals surface area contributed by atoms with Crippen molar-refractivity contribution in [2.24, 2.45) is 0 Å². The lowest BCUT2D eigenvalue weighted by Crippen LogP contribution is -2.51. The molecule has 2 aromatic carbocycles. The number of hydrogen-bond donors (Lipinski definition) is 1. The number of carbonyl (C=O) groups is 2. The molecule has 0 radical (unpaired) electrons. The molecule has 0 saturated carbocycles. The number of ketones is 1. The van der Waals surface area contributed by atoms with Crippen molar-refractivity contribution in [3.05, 3.63) is 76.6 Å². The molecule has 0 bridgehead atoms. The monoisotopic (exact) mass is 434 g/mol. The Kier molecular flexibility index (Phi) is 8.32. The van der Waals surface area contributed by atoms with Gasteiger partial charge in [0.1, 0.15) is 11.4 Å². The summed E-state index contributed by atoms with van der Waals surface area (Å²) >= 11 is 0. The zero-order valence-electron chi connectivity index (χ0n) is 18.1. The van der Waals surface area contributed by atoms with E-state index in [0.717, 1.165) is 26.2 Å². The van der Waals surface area contributed by atoms with Crippen molar-refractivity contribution < 1.29 is 18.7 Å². The number of nitrogens with zero attached hydrogens (tertiary/aromatic N) is 1. The fraction of sp³-hybridized carbons (Fsp3) is 0.308. The average Bonchev–Trinajstić information content (AvgIpc) is 2.79. The molecule has 1 N–H and O–H groups in total. The molecule has 2 aromatic rings. The Balaban J connectivity index is 1.64. The van der Waals surface area contributed by atoms with E-state index in [2.05, 4.69) is 28.3 Å². The zero-order chi connectivity index (χ0) is 22.9. The first-order chi connectivity index (χ1) is 15.5.